The highest BCUT2D eigenvalue weighted by Gasteiger charge is 2.42. The van der Waals surface area contributed by atoms with Crippen LogP contribution in [0.15, 0.2) is 24.3 Å². The fourth-order valence-corrected chi connectivity index (χ4v) is 3.89. The maximum atomic E-state index is 13.8. The summed E-state index contributed by atoms with van der Waals surface area (Å²) in [4.78, 5) is 18.9. The number of thiazole rings is 1. The summed E-state index contributed by atoms with van der Waals surface area (Å²) in [6.07, 6.45) is -0.121. The van der Waals surface area contributed by atoms with Gasteiger partial charge in [0.25, 0.3) is 11.8 Å². The molecule has 3 rings (SSSR count). The van der Waals surface area contributed by atoms with Crippen LogP contribution in [0, 0.1) is 12.7 Å². The molecule has 1 aromatic heterocycles. The van der Waals surface area contributed by atoms with E-state index in [1.165, 1.54) is 23.5 Å². The van der Waals surface area contributed by atoms with Crippen LogP contribution in [0.4, 0.5) is 13.2 Å². The molecule has 4 nitrogen and oxygen atoms in total. The number of nitrogens with two attached hydrogens (primary N) is 1. The normalized spacial score (nSPS) is 19.9. The quantitative estimate of drug-likeness (QED) is 0.901. The minimum Gasteiger partial charge on any atom is -0.328 e. The lowest BCUT2D eigenvalue weighted by atomic mass is 9.98. The Bertz CT molecular complexity index is 776. The number of likely N-dealkylation sites (tertiary alicyclic amines) is 1. The van der Waals surface area contributed by atoms with Crippen molar-refractivity contribution in [2.75, 3.05) is 13.1 Å². The van der Waals surface area contributed by atoms with Gasteiger partial charge in [0, 0.05) is 19.0 Å². The van der Waals surface area contributed by atoms with E-state index in [2.05, 4.69) is 4.98 Å². The molecule has 0 bridgehead atoms. The summed E-state index contributed by atoms with van der Waals surface area (Å²) >= 11 is 1.27. The topological polar surface area (TPSA) is 59.2 Å². The highest BCUT2D eigenvalue weighted by atomic mass is 32.1. The first-order chi connectivity index (χ1) is 11.8. The van der Waals surface area contributed by atoms with Crippen LogP contribution in [0.5, 0.6) is 0 Å². The highest BCUT2D eigenvalue weighted by Crippen LogP contribution is 2.35. The molecular weight excluding hydrogens is 351 g/mol. The number of benzene rings is 1. The fraction of sp³-hybridized carbons (Fsp3) is 0.412. The lowest BCUT2D eigenvalue weighted by Crippen LogP contribution is -2.54. The van der Waals surface area contributed by atoms with Gasteiger partial charge in [0.15, 0.2) is 0 Å². The average molecular weight is 369 g/mol. The van der Waals surface area contributed by atoms with Crippen molar-refractivity contribution in [3.05, 3.63) is 40.8 Å². The molecule has 8 heteroatoms. The van der Waals surface area contributed by atoms with Crippen LogP contribution >= 0.6 is 11.3 Å². The number of carbonyl (C=O) groups is 1. The van der Waals surface area contributed by atoms with Gasteiger partial charge in [-0.2, -0.15) is 0 Å². The monoisotopic (exact) mass is 369 g/mol. The van der Waals surface area contributed by atoms with E-state index < -0.39 is 30.2 Å². The van der Waals surface area contributed by atoms with Crippen molar-refractivity contribution in [3.63, 3.8) is 0 Å². The van der Waals surface area contributed by atoms with E-state index in [9.17, 15) is 18.0 Å². The Morgan fingerprint density at radius 3 is 2.72 bits per heavy atom. The van der Waals surface area contributed by atoms with Gasteiger partial charge in [-0.25, -0.2) is 18.2 Å². The van der Waals surface area contributed by atoms with Crippen LogP contribution < -0.4 is 5.73 Å². The van der Waals surface area contributed by atoms with Crippen LogP contribution in [0.2, 0.25) is 0 Å². The second kappa shape index (κ2) is 6.76. The van der Waals surface area contributed by atoms with Gasteiger partial charge < -0.3 is 10.6 Å². The molecule has 1 aliphatic heterocycles. The van der Waals surface area contributed by atoms with Crippen LogP contribution in [-0.4, -0.2) is 40.8 Å². The van der Waals surface area contributed by atoms with E-state index in [0.717, 1.165) is 4.90 Å². The first kappa shape index (κ1) is 17.9. The largest absolute Gasteiger partial charge is 0.328 e. The number of alkyl halides is 2. The molecule has 0 spiro atoms. The number of carbonyl (C=O) groups excluding carboxylic acids is 1. The van der Waals surface area contributed by atoms with Gasteiger partial charge in [-0.1, -0.05) is 12.1 Å². The van der Waals surface area contributed by atoms with Gasteiger partial charge in [-0.05, 0) is 31.0 Å². The first-order valence-corrected chi connectivity index (χ1v) is 8.74. The van der Waals surface area contributed by atoms with Crippen molar-refractivity contribution in [2.24, 2.45) is 5.73 Å². The molecule has 1 saturated heterocycles. The number of hydrogen-bond acceptors (Lipinski definition) is 4. The molecule has 2 N–H and O–H groups in total. The molecule has 1 fully saturated rings. The molecule has 1 unspecified atom stereocenters. The molecule has 2 heterocycles. The van der Waals surface area contributed by atoms with Crippen LogP contribution in [0.3, 0.4) is 0 Å². The van der Waals surface area contributed by atoms with Gasteiger partial charge in [0.2, 0.25) is 0 Å². The zero-order valence-electron chi connectivity index (χ0n) is 13.6. The molecule has 2 aromatic rings. The Kier molecular flexibility index (Phi) is 4.83. The standard InChI is InChI=1S/C17H18F3N3OS/c1-10-22-14(15(25-10)11-2-4-12(18)5-3-11)16(24)23-9-17(19,20)7-6-13(23)8-21/h2-5,13H,6-9,21H2,1H3. The third-order valence-electron chi connectivity index (χ3n) is 4.26. The summed E-state index contributed by atoms with van der Waals surface area (Å²) in [6.45, 7) is 1.20. The molecule has 1 aromatic carbocycles. The minimum atomic E-state index is -2.93. The number of halogens is 3. The van der Waals surface area contributed by atoms with Gasteiger partial charge in [-0.15, -0.1) is 11.3 Å². The molecule has 0 aliphatic carbocycles. The molecule has 1 amide bonds. The SMILES string of the molecule is Cc1nc(C(=O)N2CC(F)(F)CCC2CN)c(-c2ccc(F)cc2)s1. The number of hydrogen-bond donors (Lipinski definition) is 1. The number of amides is 1. The van der Waals surface area contributed by atoms with E-state index in [-0.39, 0.29) is 25.1 Å². The van der Waals surface area contributed by atoms with E-state index in [1.807, 2.05) is 0 Å². The van der Waals surface area contributed by atoms with Crippen LogP contribution in [0.25, 0.3) is 10.4 Å². The Labute approximate surface area is 147 Å². The Morgan fingerprint density at radius 2 is 2.08 bits per heavy atom. The summed E-state index contributed by atoms with van der Waals surface area (Å²) in [6, 6.07) is 5.23. The van der Waals surface area contributed by atoms with Crippen molar-refractivity contribution in [1.29, 1.82) is 0 Å². The number of nitrogens with zero attached hydrogens (tertiary/aromatic N) is 2. The molecule has 0 saturated carbocycles. The Hall–Kier alpha value is -1.93. The second-order valence-corrected chi connectivity index (χ2v) is 7.34. The van der Waals surface area contributed by atoms with Crippen molar-refractivity contribution in [3.8, 4) is 10.4 Å². The molecule has 0 radical (unpaired) electrons. The number of rotatable bonds is 3. The third-order valence-corrected chi connectivity index (χ3v) is 5.28. The zero-order chi connectivity index (χ0) is 18.2. The number of aromatic nitrogens is 1. The summed E-state index contributed by atoms with van der Waals surface area (Å²) < 4.78 is 40.8. The van der Waals surface area contributed by atoms with Crippen molar-refractivity contribution < 1.29 is 18.0 Å². The maximum absolute atomic E-state index is 13.8. The highest BCUT2D eigenvalue weighted by molar-refractivity contribution is 7.15. The lowest BCUT2D eigenvalue weighted by molar-refractivity contribution is -0.0707. The zero-order valence-corrected chi connectivity index (χ0v) is 14.5. The average Bonchev–Trinajstić information content (AvgIpc) is 2.96. The predicted molar refractivity (Wildman–Crippen MR) is 90.3 cm³/mol. The summed E-state index contributed by atoms with van der Waals surface area (Å²) in [5.41, 5.74) is 6.42. The predicted octanol–water partition coefficient (Wildman–Crippen LogP) is 3.46. The maximum Gasteiger partial charge on any atom is 0.274 e. The van der Waals surface area contributed by atoms with Crippen molar-refractivity contribution in [2.45, 2.75) is 31.7 Å². The van der Waals surface area contributed by atoms with Gasteiger partial charge in [0.05, 0.1) is 16.4 Å². The number of piperidine rings is 1. The molecular formula is C17H18F3N3OS. The van der Waals surface area contributed by atoms with Gasteiger partial charge >= 0.3 is 0 Å². The fourth-order valence-electron chi connectivity index (χ4n) is 2.98. The first-order valence-electron chi connectivity index (χ1n) is 7.93. The third kappa shape index (κ3) is 3.69. The minimum absolute atomic E-state index is 0.116. The Morgan fingerprint density at radius 1 is 1.40 bits per heavy atom. The lowest BCUT2D eigenvalue weighted by Gasteiger charge is -2.38. The van der Waals surface area contributed by atoms with Crippen LogP contribution in [0.1, 0.15) is 28.3 Å². The second-order valence-electron chi connectivity index (χ2n) is 6.13. The van der Waals surface area contributed by atoms with E-state index in [1.54, 1.807) is 19.1 Å². The van der Waals surface area contributed by atoms with Gasteiger partial charge in [-0.3, -0.25) is 4.79 Å². The van der Waals surface area contributed by atoms with E-state index in [0.29, 0.717) is 15.4 Å². The smallest absolute Gasteiger partial charge is 0.274 e. The van der Waals surface area contributed by atoms with Crippen molar-refractivity contribution in [1.82, 2.24) is 9.88 Å². The molecule has 1 atom stereocenters. The molecule has 134 valence electrons. The van der Waals surface area contributed by atoms with Crippen molar-refractivity contribution >= 4 is 17.2 Å². The van der Waals surface area contributed by atoms with Crippen LogP contribution in [-0.2, 0) is 0 Å². The summed E-state index contributed by atoms with van der Waals surface area (Å²) in [5, 5.41) is 0.635. The van der Waals surface area contributed by atoms with Gasteiger partial charge in [0.1, 0.15) is 11.5 Å². The van der Waals surface area contributed by atoms with E-state index in [4.69, 9.17) is 5.73 Å². The molecule has 25 heavy (non-hydrogen) atoms. The summed E-state index contributed by atoms with van der Waals surface area (Å²) in [7, 11) is 0. The molecule has 1 aliphatic rings. The number of aryl methyl sites for hydroxylation is 1. The van der Waals surface area contributed by atoms with E-state index >= 15 is 0 Å². The Balaban J connectivity index is 1.98. The summed E-state index contributed by atoms with van der Waals surface area (Å²) in [5.74, 6) is -3.88.